The SMILES string of the molecule is COc1cc(S(=O)(=O)N[C@@H](C)c2ccccc2)c(C)cc1C. The van der Waals surface area contributed by atoms with Crippen molar-refractivity contribution in [2.45, 2.75) is 31.7 Å². The zero-order valence-electron chi connectivity index (χ0n) is 13.3. The number of benzene rings is 2. The molecule has 0 spiro atoms. The summed E-state index contributed by atoms with van der Waals surface area (Å²) in [5.41, 5.74) is 2.53. The highest BCUT2D eigenvalue weighted by atomic mass is 32.2. The predicted octanol–water partition coefficient (Wildman–Crippen LogP) is 3.35. The van der Waals surface area contributed by atoms with Crippen molar-refractivity contribution in [2.24, 2.45) is 0 Å². The number of rotatable bonds is 5. The first-order valence-electron chi connectivity index (χ1n) is 7.07. The maximum absolute atomic E-state index is 12.6. The number of hydrogen-bond donors (Lipinski definition) is 1. The van der Waals surface area contributed by atoms with Gasteiger partial charge in [0.1, 0.15) is 5.75 Å². The van der Waals surface area contributed by atoms with Gasteiger partial charge in [-0.3, -0.25) is 0 Å². The van der Waals surface area contributed by atoms with E-state index in [0.29, 0.717) is 11.3 Å². The van der Waals surface area contributed by atoms with Gasteiger partial charge in [-0.2, -0.15) is 0 Å². The second-order valence-corrected chi connectivity index (χ2v) is 7.02. The number of ether oxygens (including phenoxy) is 1. The first kappa shape index (κ1) is 16.5. The van der Waals surface area contributed by atoms with E-state index in [-0.39, 0.29) is 10.9 Å². The molecule has 0 aliphatic heterocycles. The Bertz CT molecular complexity index is 755. The van der Waals surface area contributed by atoms with E-state index < -0.39 is 10.0 Å². The molecule has 0 saturated carbocycles. The molecule has 5 heteroatoms. The van der Waals surface area contributed by atoms with Gasteiger partial charge in [0.25, 0.3) is 0 Å². The van der Waals surface area contributed by atoms with Crippen LogP contribution in [-0.2, 0) is 10.0 Å². The van der Waals surface area contributed by atoms with Gasteiger partial charge in [-0.15, -0.1) is 0 Å². The standard InChI is InChI=1S/C17H21NO3S/c1-12-10-13(2)17(11-16(12)21-4)22(19,20)18-14(3)15-8-6-5-7-9-15/h5-11,14,18H,1-4H3/t14-/m0/s1. The van der Waals surface area contributed by atoms with Gasteiger partial charge in [0.15, 0.2) is 0 Å². The summed E-state index contributed by atoms with van der Waals surface area (Å²) in [4.78, 5) is 0.248. The summed E-state index contributed by atoms with van der Waals surface area (Å²) in [6.07, 6.45) is 0. The van der Waals surface area contributed by atoms with Gasteiger partial charge >= 0.3 is 0 Å². The molecule has 2 aromatic rings. The average Bonchev–Trinajstić information content (AvgIpc) is 2.47. The summed E-state index contributed by atoms with van der Waals surface area (Å²) in [6, 6.07) is 12.6. The fraction of sp³-hybridized carbons (Fsp3) is 0.294. The molecule has 0 aliphatic rings. The van der Waals surface area contributed by atoms with Gasteiger partial charge < -0.3 is 4.74 Å². The summed E-state index contributed by atoms with van der Waals surface area (Å²) >= 11 is 0. The lowest BCUT2D eigenvalue weighted by Gasteiger charge is -2.17. The van der Waals surface area contributed by atoms with Crippen LogP contribution in [0.2, 0.25) is 0 Å². The quantitative estimate of drug-likeness (QED) is 0.919. The van der Waals surface area contributed by atoms with Crippen LogP contribution in [0.25, 0.3) is 0 Å². The van der Waals surface area contributed by atoms with Crippen molar-refractivity contribution in [3.05, 3.63) is 59.2 Å². The topological polar surface area (TPSA) is 55.4 Å². The highest BCUT2D eigenvalue weighted by Gasteiger charge is 2.21. The fourth-order valence-corrected chi connectivity index (χ4v) is 3.90. The summed E-state index contributed by atoms with van der Waals surface area (Å²) in [5, 5.41) is 0. The normalized spacial score (nSPS) is 12.9. The molecule has 0 amide bonds. The van der Waals surface area contributed by atoms with Crippen molar-refractivity contribution in [1.82, 2.24) is 4.72 Å². The Labute approximate surface area is 132 Å². The summed E-state index contributed by atoms with van der Waals surface area (Å²) in [6.45, 7) is 5.50. The maximum Gasteiger partial charge on any atom is 0.241 e. The van der Waals surface area contributed by atoms with Crippen LogP contribution in [0.1, 0.15) is 29.7 Å². The Morgan fingerprint density at radius 2 is 1.68 bits per heavy atom. The maximum atomic E-state index is 12.6. The Morgan fingerprint density at radius 3 is 2.27 bits per heavy atom. The van der Waals surface area contributed by atoms with Crippen molar-refractivity contribution in [2.75, 3.05) is 7.11 Å². The van der Waals surface area contributed by atoms with E-state index in [4.69, 9.17) is 4.74 Å². The molecular formula is C17H21NO3S. The lowest BCUT2D eigenvalue weighted by molar-refractivity contribution is 0.410. The molecular weight excluding hydrogens is 298 g/mol. The lowest BCUT2D eigenvalue weighted by atomic mass is 10.1. The van der Waals surface area contributed by atoms with E-state index >= 15 is 0 Å². The van der Waals surface area contributed by atoms with Crippen LogP contribution in [0.15, 0.2) is 47.4 Å². The molecule has 22 heavy (non-hydrogen) atoms. The molecule has 4 nitrogen and oxygen atoms in total. The monoisotopic (exact) mass is 319 g/mol. The first-order valence-corrected chi connectivity index (χ1v) is 8.56. The molecule has 1 N–H and O–H groups in total. The minimum atomic E-state index is -3.62. The Balaban J connectivity index is 2.35. The fourth-order valence-electron chi connectivity index (χ4n) is 2.43. The Morgan fingerprint density at radius 1 is 1.05 bits per heavy atom. The van der Waals surface area contributed by atoms with Gasteiger partial charge in [-0.05, 0) is 37.5 Å². The number of nitrogens with one attached hydrogen (secondary N) is 1. The Kier molecular flexibility index (Phi) is 4.88. The van der Waals surface area contributed by atoms with Crippen molar-refractivity contribution in [1.29, 1.82) is 0 Å². The zero-order valence-corrected chi connectivity index (χ0v) is 14.1. The number of hydrogen-bond acceptors (Lipinski definition) is 3. The minimum Gasteiger partial charge on any atom is -0.496 e. The third-order valence-corrected chi connectivity index (χ3v) is 5.30. The van der Waals surface area contributed by atoms with Crippen LogP contribution in [0, 0.1) is 13.8 Å². The predicted molar refractivity (Wildman–Crippen MR) is 87.6 cm³/mol. The molecule has 0 bridgehead atoms. The van der Waals surface area contributed by atoms with E-state index in [1.165, 1.54) is 7.11 Å². The van der Waals surface area contributed by atoms with Crippen LogP contribution in [-0.4, -0.2) is 15.5 Å². The number of methoxy groups -OCH3 is 1. The Hall–Kier alpha value is -1.85. The molecule has 0 saturated heterocycles. The zero-order chi connectivity index (χ0) is 16.3. The number of sulfonamides is 1. The van der Waals surface area contributed by atoms with Gasteiger partial charge in [0.05, 0.1) is 12.0 Å². The summed E-state index contributed by atoms with van der Waals surface area (Å²) in [5.74, 6) is 0.568. The van der Waals surface area contributed by atoms with E-state index in [9.17, 15) is 8.42 Å². The molecule has 2 rings (SSSR count). The highest BCUT2D eigenvalue weighted by molar-refractivity contribution is 7.89. The third kappa shape index (κ3) is 3.48. The summed E-state index contributed by atoms with van der Waals surface area (Å²) < 4.78 is 33.2. The first-order chi connectivity index (χ1) is 10.3. The summed E-state index contributed by atoms with van der Waals surface area (Å²) in [7, 11) is -2.08. The molecule has 1 atom stereocenters. The van der Waals surface area contributed by atoms with Crippen molar-refractivity contribution in [3.8, 4) is 5.75 Å². The molecule has 118 valence electrons. The van der Waals surface area contributed by atoms with E-state index in [1.54, 1.807) is 13.0 Å². The van der Waals surface area contributed by atoms with Crippen LogP contribution in [0.3, 0.4) is 0 Å². The molecule has 0 unspecified atom stereocenters. The third-order valence-electron chi connectivity index (χ3n) is 3.61. The van der Waals surface area contributed by atoms with Crippen LogP contribution in [0.5, 0.6) is 5.75 Å². The van der Waals surface area contributed by atoms with Crippen LogP contribution in [0.4, 0.5) is 0 Å². The van der Waals surface area contributed by atoms with Gasteiger partial charge in [-0.1, -0.05) is 36.4 Å². The molecule has 0 heterocycles. The molecule has 0 aliphatic carbocycles. The van der Waals surface area contributed by atoms with Gasteiger partial charge in [-0.25, -0.2) is 13.1 Å². The lowest BCUT2D eigenvalue weighted by Crippen LogP contribution is -2.27. The van der Waals surface area contributed by atoms with Crippen molar-refractivity contribution >= 4 is 10.0 Å². The minimum absolute atomic E-state index is 0.248. The van der Waals surface area contributed by atoms with Crippen molar-refractivity contribution < 1.29 is 13.2 Å². The van der Waals surface area contributed by atoms with Crippen molar-refractivity contribution in [3.63, 3.8) is 0 Å². The van der Waals surface area contributed by atoms with Gasteiger partial charge in [0.2, 0.25) is 10.0 Å². The smallest absolute Gasteiger partial charge is 0.241 e. The molecule has 0 fully saturated rings. The average molecular weight is 319 g/mol. The molecule has 2 aromatic carbocycles. The molecule has 0 radical (unpaired) electrons. The highest BCUT2D eigenvalue weighted by Crippen LogP contribution is 2.27. The second kappa shape index (κ2) is 6.50. The van der Waals surface area contributed by atoms with E-state index in [0.717, 1.165) is 11.1 Å². The number of aryl methyl sites for hydroxylation is 2. The van der Waals surface area contributed by atoms with E-state index in [2.05, 4.69) is 4.72 Å². The second-order valence-electron chi connectivity index (χ2n) is 5.34. The van der Waals surface area contributed by atoms with E-state index in [1.807, 2.05) is 50.2 Å². The largest absolute Gasteiger partial charge is 0.496 e. The van der Waals surface area contributed by atoms with Crippen LogP contribution >= 0.6 is 0 Å². The van der Waals surface area contributed by atoms with Gasteiger partial charge in [0, 0.05) is 12.1 Å². The molecule has 0 aromatic heterocycles. The van der Waals surface area contributed by atoms with Crippen LogP contribution < -0.4 is 9.46 Å².